The fraction of sp³-hybridized carbons (Fsp3) is 0.385. The molecule has 1 rings (SSSR count). The van der Waals surface area contributed by atoms with Crippen LogP contribution in [0.2, 0.25) is 0 Å². The SMILES string of the molecule is CCCCC(=O)Nc1cccc(C)c1C(N)=S. The van der Waals surface area contributed by atoms with Gasteiger partial charge in [-0.2, -0.15) is 0 Å². The molecule has 17 heavy (non-hydrogen) atoms. The Morgan fingerprint density at radius 1 is 1.47 bits per heavy atom. The van der Waals surface area contributed by atoms with E-state index < -0.39 is 0 Å². The maximum atomic E-state index is 11.7. The fourth-order valence-corrected chi connectivity index (χ4v) is 1.92. The highest BCUT2D eigenvalue weighted by Crippen LogP contribution is 2.19. The van der Waals surface area contributed by atoms with Gasteiger partial charge in [0.1, 0.15) is 4.99 Å². The molecule has 1 aromatic carbocycles. The molecule has 1 aromatic rings. The van der Waals surface area contributed by atoms with Crippen LogP contribution in [0.3, 0.4) is 0 Å². The summed E-state index contributed by atoms with van der Waals surface area (Å²) in [7, 11) is 0. The van der Waals surface area contributed by atoms with E-state index in [9.17, 15) is 4.79 Å². The highest BCUT2D eigenvalue weighted by molar-refractivity contribution is 7.80. The first kappa shape index (κ1) is 13.6. The molecule has 1 amide bonds. The number of unbranched alkanes of at least 4 members (excludes halogenated alkanes) is 1. The highest BCUT2D eigenvalue weighted by Gasteiger charge is 2.10. The number of carbonyl (C=O) groups is 1. The zero-order chi connectivity index (χ0) is 12.8. The normalized spacial score (nSPS) is 10.0. The van der Waals surface area contributed by atoms with Crippen LogP contribution in [0.1, 0.15) is 37.3 Å². The summed E-state index contributed by atoms with van der Waals surface area (Å²) in [4.78, 5) is 12.0. The first-order valence-corrected chi connectivity index (χ1v) is 6.16. The standard InChI is InChI=1S/C13H18N2OS/c1-3-4-8-11(16)15-10-7-5-6-9(2)12(10)13(14)17/h5-7H,3-4,8H2,1-2H3,(H2,14,17)(H,15,16). The van der Waals surface area contributed by atoms with Crippen LogP contribution in [0.15, 0.2) is 18.2 Å². The molecular weight excluding hydrogens is 232 g/mol. The minimum Gasteiger partial charge on any atom is -0.389 e. The molecule has 0 aliphatic rings. The van der Waals surface area contributed by atoms with Crippen LogP contribution in [0, 0.1) is 6.92 Å². The maximum absolute atomic E-state index is 11.7. The smallest absolute Gasteiger partial charge is 0.224 e. The van der Waals surface area contributed by atoms with Gasteiger partial charge in [0.2, 0.25) is 5.91 Å². The molecule has 0 fully saturated rings. The van der Waals surface area contributed by atoms with E-state index in [0.717, 1.165) is 24.0 Å². The van der Waals surface area contributed by atoms with Gasteiger partial charge >= 0.3 is 0 Å². The van der Waals surface area contributed by atoms with Gasteiger partial charge in [-0.25, -0.2) is 0 Å². The summed E-state index contributed by atoms with van der Waals surface area (Å²) in [5.41, 5.74) is 8.11. The van der Waals surface area contributed by atoms with Gasteiger partial charge in [0.15, 0.2) is 0 Å². The molecule has 3 N–H and O–H groups in total. The van der Waals surface area contributed by atoms with E-state index in [1.165, 1.54) is 0 Å². The third-order valence-corrected chi connectivity index (χ3v) is 2.75. The first-order chi connectivity index (χ1) is 8.06. The van der Waals surface area contributed by atoms with Gasteiger partial charge in [-0.3, -0.25) is 4.79 Å². The van der Waals surface area contributed by atoms with E-state index in [1.807, 2.05) is 25.1 Å². The molecule has 0 saturated heterocycles. The summed E-state index contributed by atoms with van der Waals surface area (Å²) in [6.45, 7) is 3.98. The number of carbonyl (C=O) groups excluding carboxylic acids is 1. The molecule has 0 unspecified atom stereocenters. The molecule has 0 atom stereocenters. The summed E-state index contributed by atoms with van der Waals surface area (Å²) in [6.07, 6.45) is 2.42. The van der Waals surface area contributed by atoms with E-state index >= 15 is 0 Å². The zero-order valence-electron chi connectivity index (χ0n) is 10.2. The van der Waals surface area contributed by atoms with Crippen LogP contribution in [-0.4, -0.2) is 10.9 Å². The van der Waals surface area contributed by atoms with Gasteiger partial charge < -0.3 is 11.1 Å². The Morgan fingerprint density at radius 3 is 2.76 bits per heavy atom. The molecule has 0 saturated carbocycles. The molecular formula is C13H18N2OS. The third kappa shape index (κ3) is 3.82. The first-order valence-electron chi connectivity index (χ1n) is 5.75. The van der Waals surface area contributed by atoms with Crippen molar-refractivity contribution in [2.45, 2.75) is 33.1 Å². The van der Waals surface area contributed by atoms with E-state index in [4.69, 9.17) is 18.0 Å². The van der Waals surface area contributed by atoms with Crippen LogP contribution in [0.4, 0.5) is 5.69 Å². The Balaban J connectivity index is 2.87. The summed E-state index contributed by atoms with van der Waals surface area (Å²) >= 11 is 5.00. The minimum atomic E-state index is 0.00921. The second-order valence-corrected chi connectivity index (χ2v) is 4.45. The highest BCUT2D eigenvalue weighted by atomic mass is 32.1. The zero-order valence-corrected chi connectivity index (χ0v) is 11.1. The van der Waals surface area contributed by atoms with Crippen LogP contribution >= 0.6 is 12.2 Å². The Morgan fingerprint density at radius 2 is 2.18 bits per heavy atom. The van der Waals surface area contributed by atoms with Gasteiger partial charge in [-0.15, -0.1) is 0 Å². The lowest BCUT2D eigenvalue weighted by atomic mass is 10.1. The van der Waals surface area contributed by atoms with Crippen molar-refractivity contribution >= 4 is 28.8 Å². The van der Waals surface area contributed by atoms with E-state index in [2.05, 4.69) is 12.2 Å². The minimum absolute atomic E-state index is 0.00921. The average Bonchev–Trinajstić information content (AvgIpc) is 2.25. The molecule has 0 aliphatic heterocycles. The van der Waals surface area contributed by atoms with E-state index in [-0.39, 0.29) is 5.91 Å². The molecule has 0 aliphatic carbocycles. The van der Waals surface area contributed by atoms with Gasteiger partial charge in [0.05, 0.1) is 5.69 Å². The third-order valence-electron chi connectivity index (χ3n) is 2.55. The van der Waals surface area contributed by atoms with Gasteiger partial charge in [0, 0.05) is 12.0 Å². The van der Waals surface area contributed by atoms with Crippen LogP contribution in [-0.2, 0) is 4.79 Å². The molecule has 0 bridgehead atoms. The number of hydrogen-bond donors (Lipinski definition) is 2. The summed E-state index contributed by atoms with van der Waals surface area (Å²) < 4.78 is 0. The molecule has 3 nitrogen and oxygen atoms in total. The number of anilines is 1. The number of aryl methyl sites for hydroxylation is 1. The van der Waals surface area contributed by atoms with Crippen molar-refractivity contribution in [2.75, 3.05) is 5.32 Å². The lowest BCUT2D eigenvalue weighted by molar-refractivity contribution is -0.116. The second kappa shape index (κ2) is 6.35. The summed E-state index contributed by atoms with van der Waals surface area (Å²) in [5.74, 6) is 0.00921. The number of thiocarbonyl (C=S) groups is 1. The Bertz CT molecular complexity index is 429. The van der Waals surface area contributed by atoms with Crippen molar-refractivity contribution in [2.24, 2.45) is 5.73 Å². The van der Waals surface area contributed by atoms with Crippen molar-refractivity contribution in [1.29, 1.82) is 0 Å². The number of amides is 1. The summed E-state index contributed by atoms with van der Waals surface area (Å²) in [6, 6.07) is 5.63. The predicted octanol–water partition coefficient (Wildman–Crippen LogP) is 2.76. The van der Waals surface area contributed by atoms with Crippen molar-refractivity contribution in [1.82, 2.24) is 0 Å². The largest absolute Gasteiger partial charge is 0.389 e. The van der Waals surface area contributed by atoms with E-state index in [1.54, 1.807) is 0 Å². The molecule has 0 spiro atoms. The molecule has 0 radical (unpaired) electrons. The van der Waals surface area contributed by atoms with Gasteiger partial charge in [0.25, 0.3) is 0 Å². The van der Waals surface area contributed by atoms with Crippen molar-refractivity contribution < 1.29 is 4.79 Å². The topological polar surface area (TPSA) is 55.1 Å². The Hall–Kier alpha value is -1.42. The molecule has 92 valence electrons. The molecule has 0 heterocycles. The quantitative estimate of drug-likeness (QED) is 0.790. The van der Waals surface area contributed by atoms with E-state index in [0.29, 0.717) is 17.1 Å². The lowest BCUT2D eigenvalue weighted by Crippen LogP contribution is -2.18. The van der Waals surface area contributed by atoms with Crippen LogP contribution in [0.25, 0.3) is 0 Å². The van der Waals surface area contributed by atoms with Crippen molar-refractivity contribution in [3.63, 3.8) is 0 Å². The van der Waals surface area contributed by atoms with Crippen LogP contribution < -0.4 is 11.1 Å². The number of nitrogens with two attached hydrogens (primary N) is 1. The van der Waals surface area contributed by atoms with Gasteiger partial charge in [-0.05, 0) is 25.0 Å². The molecule has 4 heteroatoms. The van der Waals surface area contributed by atoms with Crippen molar-refractivity contribution in [3.05, 3.63) is 29.3 Å². The van der Waals surface area contributed by atoms with Crippen molar-refractivity contribution in [3.8, 4) is 0 Å². The number of hydrogen-bond acceptors (Lipinski definition) is 2. The lowest BCUT2D eigenvalue weighted by Gasteiger charge is -2.12. The molecule has 0 aromatic heterocycles. The Labute approximate surface area is 107 Å². The number of benzene rings is 1. The maximum Gasteiger partial charge on any atom is 0.224 e. The second-order valence-electron chi connectivity index (χ2n) is 4.01. The fourth-order valence-electron chi connectivity index (χ4n) is 1.65. The van der Waals surface area contributed by atoms with Gasteiger partial charge in [-0.1, -0.05) is 37.7 Å². The number of nitrogens with one attached hydrogen (secondary N) is 1. The average molecular weight is 250 g/mol. The number of rotatable bonds is 5. The predicted molar refractivity (Wildman–Crippen MR) is 75.2 cm³/mol. The summed E-state index contributed by atoms with van der Waals surface area (Å²) in [5, 5.41) is 2.86. The Kier molecular flexibility index (Phi) is 5.10. The monoisotopic (exact) mass is 250 g/mol. The van der Waals surface area contributed by atoms with Crippen LogP contribution in [0.5, 0.6) is 0 Å².